The van der Waals surface area contributed by atoms with Crippen LogP contribution in [0.4, 0.5) is 47.0 Å². The van der Waals surface area contributed by atoms with Gasteiger partial charge < -0.3 is 15.1 Å². The number of nitrogens with zero attached hydrogens (tertiary/aromatic N) is 6. The Morgan fingerprint density at radius 3 is 1.52 bits per heavy atom. The number of hydrazine groups is 1. The van der Waals surface area contributed by atoms with Crippen LogP contribution in [0.5, 0.6) is 0 Å². The summed E-state index contributed by atoms with van der Waals surface area (Å²) in [6.45, 7) is 0. The van der Waals surface area contributed by atoms with Crippen LogP contribution < -0.4 is 21.5 Å². The van der Waals surface area contributed by atoms with E-state index >= 15 is 0 Å². The first kappa shape index (κ1) is 40.9. The number of benzene rings is 2. The molecule has 0 aliphatic heterocycles. The normalized spacial score (nSPS) is 15.4. The minimum atomic E-state index is -5.12. The summed E-state index contributed by atoms with van der Waals surface area (Å²) in [5, 5.41) is 12.5. The molecule has 0 saturated heterocycles. The predicted octanol–water partition coefficient (Wildman–Crippen LogP) is 7.24. The third-order valence-corrected chi connectivity index (χ3v) is 8.92. The molecule has 296 valence electrons. The maximum absolute atomic E-state index is 14.2. The van der Waals surface area contributed by atoms with E-state index in [1.807, 2.05) is 0 Å². The number of carbonyl (C=O) groups is 2. The van der Waals surface area contributed by atoms with E-state index in [0.29, 0.717) is 24.0 Å². The molecular formula is C35H32F8N10O3. The molecule has 13 nitrogen and oxygen atoms in total. The van der Waals surface area contributed by atoms with Crippen LogP contribution in [0.3, 0.4) is 0 Å². The number of halogens is 8. The first-order valence-electron chi connectivity index (χ1n) is 16.4. The molecule has 21 heteroatoms. The zero-order valence-electron chi connectivity index (χ0n) is 28.1. The standard InChI is InChI=1S/C17H15F4N5O2.C17H13F4N5O.CH4/c18-12-5-2-1-4-11(12)16(6-3-7-16)24-15-22-8-10(9-23-15)13(27)25-26-14(28)17(19,20)21;18-12-5-2-1-4-11(12)16(6-3-7-16)24-15-22-8-10(9-23-15)13-25-26-14(27-13)17(19,20)21;/h1-2,4-5,8-9H,3,6-7H2,(H,25,27)(H,26,28)(H,22,23,24);1-2,4-5,8-9H,3,6-7H2,(H,22,23,24);1H4. The van der Waals surface area contributed by atoms with Crippen molar-refractivity contribution >= 4 is 23.7 Å². The van der Waals surface area contributed by atoms with Crippen molar-refractivity contribution in [2.45, 2.75) is 69.4 Å². The molecule has 0 spiro atoms. The Balaban J connectivity index is 0.000000211. The van der Waals surface area contributed by atoms with E-state index in [2.05, 4.69) is 45.2 Å². The van der Waals surface area contributed by atoms with E-state index in [1.54, 1.807) is 41.8 Å². The first-order valence-corrected chi connectivity index (χ1v) is 16.4. The van der Waals surface area contributed by atoms with Gasteiger partial charge in [-0.1, -0.05) is 43.8 Å². The molecule has 2 aliphatic carbocycles. The van der Waals surface area contributed by atoms with Crippen LogP contribution in [0.1, 0.15) is 73.3 Å². The highest BCUT2D eigenvalue weighted by Crippen LogP contribution is 2.45. The van der Waals surface area contributed by atoms with Crippen LogP contribution in [0, 0.1) is 11.6 Å². The molecule has 3 aromatic heterocycles. The molecule has 2 fully saturated rings. The molecule has 2 aliphatic rings. The van der Waals surface area contributed by atoms with Crippen molar-refractivity contribution < 1.29 is 49.1 Å². The highest BCUT2D eigenvalue weighted by atomic mass is 19.4. The lowest BCUT2D eigenvalue weighted by molar-refractivity contribution is -0.174. The summed E-state index contributed by atoms with van der Waals surface area (Å²) < 4.78 is 107. The molecule has 0 bridgehead atoms. The van der Waals surface area contributed by atoms with Gasteiger partial charge >= 0.3 is 24.2 Å². The van der Waals surface area contributed by atoms with Crippen LogP contribution in [0.15, 0.2) is 77.7 Å². The highest BCUT2D eigenvalue weighted by molar-refractivity contribution is 5.95. The number of anilines is 2. The van der Waals surface area contributed by atoms with E-state index in [0.717, 1.165) is 38.1 Å². The largest absolute Gasteiger partial charge is 0.472 e. The monoisotopic (exact) mass is 792 g/mol. The minimum Gasteiger partial charge on any atom is -0.413 e. The average Bonchev–Trinajstić information content (AvgIpc) is 3.63. The fourth-order valence-corrected chi connectivity index (χ4v) is 5.83. The molecule has 2 aromatic carbocycles. The van der Waals surface area contributed by atoms with Gasteiger partial charge in [-0.15, -0.1) is 10.2 Å². The Hall–Kier alpha value is -6.28. The lowest BCUT2D eigenvalue weighted by Gasteiger charge is -2.43. The van der Waals surface area contributed by atoms with E-state index in [4.69, 9.17) is 0 Å². The third kappa shape index (κ3) is 8.98. The topological polar surface area (TPSA) is 173 Å². The summed E-state index contributed by atoms with van der Waals surface area (Å²) in [7, 11) is 0. The van der Waals surface area contributed by atoms with Crippen LogP contribution in [0.25, 0.3) is 11.5 Å². The molecule has 3 heterocycles. The van der Waals surface area contributed by atoms with Crippen molar-refractivity contribution in [3.05, 3.63) is 108 Å². The molecule has 0 radical (unpaired) electrons. The lowest BCUT2D eigenvalue weighted by atomic mass is 9.71. The van der Waals surface area contributed by atoms with Crippen molar-refractivity contribution in [2.24, 2.45) is 0 Å². The van der Waals surface area contributed by atoms with Crippen molar-refractivity contribution in [2.75, 3.05) is 10.6 Å². The van der Waals surface area contributed by atoms with Gasteiger partial charge in [0.05, 0.1) is 22.2 Å². The van der Waals surface area contributed by atoms with Gasteiger partial charge in [0, 0.05) is 35.9 Å². The summed E-state index contributed by atoms with van der Waals surface area (Å²) in [6.07, 6.45) is -0.529. The number of nitrogens with one attached hydrogen (secondary N) is 4. The van der Waals surface area contributed by atoms with Crippen LogP contribution in [0.2, 0.25) is 0 Å². The second kappa shape index (κ2) is 16.2. The first-order chi connectivity index (χ1) is 26.1. The Bertz CT molecular complexity index is 2140. The smallest absolute Gasteiger partial charge is 0.413 e. The van der Waals surface area contributed by atoms with Crippen molar-refractivity contribution in [3.8, 4) is 11.5 Å². The number of rotatable bonds is 8. The van der Waals surface area contributed by atoms with Gasteiger partial charge in [-0.25, -0.2) is 28.7 Å². The summed E-state index contributed by atoms with van der Waals surface area (Å²) in [5.41, 5.74) is 2.62. The molecule has 56 heavy (non-hydrogen) atoms. The number of aromatic nitrogens is 6. The van der Waals surface area contributed by atoms with Gasteiger partial charge in [0.1, 0.15) is 11.6 Å². The van der Waals surface area contributed by atoms with Gasteiger partial charge in [-0.05, 0) is 50.7 Å². The number of hydrogen-bond donors (Lipinski definition) is 4. The molecule has 2 amide bonds. The summed E-state index contributed by atoms with van der Waals surface area (Å²) in [6, 6.07) is 12.8. The summed E-state index contributed by atoms with van der Waals surface area (Å²) >= 11 is 0. The van der Waals surface area contributed by atoms with E-state index in [-0.39, 0.29) is 48.0 Å². The Morgan fingerprint density at radius 2 is 1.12 bits per heavy atom. The van der Waals surface area contributed by atoms with Crippen molar-refractivity contribution in [1.82, 2.24) is 41.0 Å². The second-order valence-electron chi connectivity index (χ2n) is 12.5. The Morgan fingerprint density at radius 1 is 0.661 bits per heavy atom. The lowest BCUT2D eigenvalue weighted by Crippen LogP contribution is -2.47. The van der Waals surface area contributed by atoms with Gasteiger partial charge in [-0.2, -0.15) is 26.3 Å². The maximum atomic E-state index is 14.2. The number of hydrogen-bond acceptors (Lipinski definition) is 11. The van der Waals surface area contributed by atoms with Crippen LogP contribution in [-0.2, 0) is 22.0 Å². The third-order valence-electron chi connectivity index (χ3n) is 8.92. The number of amides is 2. The summed E-state index contributed by atoms with van der Waals surface area (Å²) in [4.78, 5) is 38.6. The fourth-order valence-electron chi connectivity index (χ4n) is 5.83. The minimum absolute atomic E-state index is 0. The zero-order chi connectivity index (χ0) is 39.4. The molecule has 5 aromatic rings. The molecule has 2 saturated carbocycles. The van der Waals surface area contributed by atoms with Gasteiger partial charge in [0.15, 0.2) is 0 Å². The molecule has 7 rings (SSSR count). The van der Waals surface area contributed by atoms with E-state index < -0.39 is 41.1 Å². The van der Waals surface area contributed by atoms with Crippen LogP contribution >= 0.6 is 0 Å². The quantitative estimate of drug-likeness (QED) is 0.0922. The van der Waals surface area contributed by atoms with Gasteiger partial charge in [-0.3, -0.25) is 20.4 Å². The second-order valence-corrected chi connectivity index (χ2v) is 12.5. The van der Waals surface area contributed by atoms with Crippen molar-refractivity contribution in [1.29, 1.82) is 0 Å². The predicted molar refractivity (Wildman–Crippen MR) is 182 cm³/mol. The Labute approximate surface area is 312 Å². The Kier molecular flexibility index (Phi) is 11.8. The van der Waals surface area contributed by atoms with Gasteiger partial charge in [0.25, 0.3) is 11.8 Å². The molecule has 0 atom stereocenters. The number of carbonyl (C=O) groups excluding carboxylic acids is 2. The SMILES string of the molecule is C.Fc1ccccc1C1(Nc2ncc(-c3nnc(C(F)(F)F)o3)cn2)CCC1.O=C(NNC(=O)C(F)(F)F)c1cnc(NC2(c3ccccc3F)CCC2)nc1. The molecule has 4 N–H and O–H groups in total. The van der Waals surface area contributed by atoms with E-state index in [9.17, 15) is 44.7 Å². The average molecular weight is 793 g/mol. The molecular weight excluding hydrogens is 760 g/mol. The molecule has 0 unspecified atom stereocenters. The fraction of sp³-hybridized carbons (Fsp3) is 0.314. The highest BCUT2D eigenvalue weighted by Gasteiger charge is 2.43. The van der Waals surface area contributed by atoms with E-state index in [1.165, 1.54) is 30.0 Å². The van der Waals surface area contributed by atoms with Crippen LogP contribution in [-0.4, -0.2) is 48.1 Å². The summed E-state index contributed by atoms with van der Waals surface area (Å²) in [5.74, 6) is -5.39. The van der Waals surface area contributed by atoms with Crippen molar-refractivity contribution in [3.63, 3.8) is 0 Å². The number of alkyl halides is 6. The maximum Gasteiger partial charge on any atom is 0.472 e. The zero-order valence-corrected chi connectivity index (χ0v) is 28.1. The van der Waals surface area contributed by atoms with Gasteiger partial charge in [0.2, 0.25) is 11.9 Å².